The average Bonchev–Trinajstić information content (AvgIpc) is 2.42. The molecule has 2 nitrogen and oxygen atoms in total. The van der Waals surface area contributed by atoms with Gasteiger partial charge in [-0.1, -0.05) is 18.6 Å². The number of hydrogen-bond acceptors (Lipinski definition) is 2. The quantitative estimate of drug-likeness (QED) is 0.879. The van der Waals surface area contributed by atoms with Crippen LogP contribution in [-0.2, 0) is 6.54 Å². The topological polar surface area (TPSA) is 15.3 Å². The maximum absolute atomic E-state index is 13.6. The van der Waals surface area contributed by atoms with Crippen molar-refractivity contribution in [2.45, 2.75) is 45.2 Å². The Morgan fingerprint density at radius 2 is 2.21 bits per heavy atom. The molecule has 106 valence electrons. The largest absolute Gasteiger partial charge is 0.320 e. The van der Waals surface area contributed by atoms with Crippen LogP contribution in [0.1, 0.15) is 36.8 Å². The molecule has 1 saturated heterocycles. The maximum Gasteiger partial charge on any atom is 0.126 e. The van der Waals surface area contributed by atoms with Gasteiger partial charge in [-0.3, -0.25) is 4.90 Å². The second kappa shape index (κ2) is 7.01. The van der Waals surface area contributed by atoms with Crippen LogP contribution in [0.2, 0.25) is 0 Å². The Balaban J connectivity index is 1.99. The van der Waals surface area contributed by atoms with Crippen LogP contribution in [0.3, 0.4) is 0 Å². The van der Waals surface area contributed by atoms with E-state index in [1.54, 1.807) is 6.07 Å². The minimum absolute atomic E-state index is 0.0821. The van der Waals surface area contributed by atoms with E-state index in [2.05, 4.69) is 16.3 Å². The lowest BCUT2D eigenvalue weighted by Crippen LogP contribution is -2.40. The van der Waals surface area contributed by atoms with Crippen LogP contribution in [-0.4, -0.2) is 31.1 Å². The molecule has 1 aromatic rings. The molecule has 1 heterocycles. The number of piperidine rings is 1. The van der Waals surface area contributed by atoms with Gasteiger partial charge in [0.15, 0.2) is 0 Å². The van der Waals surface area contributed by atoms with Gasteiger partial charge in [0.1, 0.15) is 5.82 Å². The third kappa shape index (κ3) is 4.02. The minimum atomic E-state index is -0.0821. The van der Waals surface area contributed by atoms with Crippen molar-refractivity contribution in [2.75, 3.05) is 20.1 Å². The van der Waals surface area contributed by atoms with E-state index in [-0.39, 0.29) is 5.82 Å². The Labute approximate surface area is 116 Å². The first-order valence-corrected chi connectivity index (χ1v) is 7.34. The summed E-state index contributed by atoms with van der Waals surface area (Å²) in [6.45, 7) is 4.90. The predicted octanol–water partition coefficient (Wildman–Crippen LogP) is 3.10. The van der Waals surface area contributed by atoms with Gasteiger partial charge < -0.3 is 5.32 Å². The molecule has 1 atom stereocenters. The molecule has 0 saturated carbocycles. The normalized spacial score (nSPS) is 20.7. The summed E-state index contributed by atoms with van der Waals surface area (Å²) in [6.07, 6.45) is 5.05. The molecule has 1 aliphatic rings. The van der Waals surface area contributed by atoms with E-state index in [0.717, 1.165) is 30.8 Å². The Kier molecular flexibility index (Phi) is 5.34. The zero-order chi connectivity index (χ0) is 13.7. The molecular formula is C16H25FN2. The van der Waals surface area contributed by atoms with Gasteiger partial charge in [0.25, 0.3) is 0 Å². The summed E-state index contributed by atoms with van der Waals surface area (Å²) in [5.74, 6) is -0.0821. The van der Waals surface area contributed by atoms with Crippen molar-refractivity contribution < 1.29 is 4.39 Å². The van der Waals surface area contributed by atoms with E-state index in [9.17, 15) is 4.39 Å². The van der Waals surface area contributed by atoms with E-state index < -0.39 is 0 Å². The van der Waals surface area contributed by atoms with Gasteiger partial charge in [0.05, 0.1) is 0 Å². The first-order valence-electron chi connectivity index (χ1n) is 7.34. The SMILES string of the molecule is CNCCC1CCCCN1Cc1ccc(C)c(F)c1. The molecule has 0 aliphatic carbocycles. The zero-order valence-electron chi connectivity index (χ0n) is 12.1. The molecular weight excluding hydrogens is 239 g/mol. The molecule has 3 heteroatoms. The highest BCUT2D eigenvalue weighted by Crippen LogP contribution is 2.22. The van der Waals surface area contributed by atoms with Crippen molar-refractivity contribution in [3.05, 3.63) is 35.1 Å². The summed E-state index contributed by atoms with van der Waals surface area (Å²) in [7, 11) is 2.00. The van der Waals surface area contributed by atoms with Crippen LogP contribution < -0.4 is 5.32 Å². The second-order valence-corrected chi connectivity index (χ2v) is 5.60. The molecule has 0 bridgehead atoms. The van der Waals surface area contributed by atoms with Gasteiger partial charge in [-0.05, 0) is 63.5 Å². The molecule has 0 amide bonds. The van der Waals surface area contributed by atoms with Crippen molar-refractivity contribution in [1.82, 2.24) is 10.2 Å². The van der Waals surface area contributed by atoms with E-state index >= 15 is 0 Å². The Morgan fingerprint density at radius 1 is 1.37 bits per heavy atom. The fraction of sp³-hybridized carbons (Fsp3) is 0.625. The number of aryl methyl sites for hydroxylation is 1. The predicted molar refractivity (Wildman–Crippen MR) is 77.7 cm³/mol. The Bertz CT molecular complexity index is 406. The fourth-order valence-corrected chi connectivity index (χ4v) is 2.88. The van der Waals surface area contributed by atoms with Crippen molar-refractivity contribution in [1.29, 1.82) is 0 Å². The molecule has 1 aliphatic heterocycles. The first kappa shape index (κ1) is 14.5. The van der Waals surface area contributed by atoms with Crippen molar-refractivity contribution in [3.63, 3.8) is 0 Å². The number of rotatable bonds is 5. The summed E-state index contributed by atoms with van der Waals surface area (Å²) >= 11 is 0. The Morgan fingerprint density at radius 3 is 2.95 bits per heavy atom. The third-order valence-corrected chi connectivity index (χ3v) is 4.10. The molecule has 0 radical (unpaired) electrons. The summed E-state index contributed by atoms with van der Waals surface area (Å²) < 4.78 is 13.6. The third-order valence-electron chi connectivity index (χ3n) is 4.10. The van der Waals surface area contributed by atoms with Gasteiger partial charge in [-0.25, -0.2) is 4.39 Å². The highest BCUT2D eigenvalue weighted by atomic mass is 19.1. The molecule has 1 unspecified atom stereocenters. The molecule has 1 aromatic carbocycles. The number of hydrogen-bond donors (Lipinski definition) is 1. The minimum Gasteiger partial charge on any atom is -0.320 e. The van der Waals surface area contributed by atoms with Crippen LogP contribution >= 0.6 is 0 Å². The summed E-state index contributed by atoms with van der Waals surface area (Å²) in [5.41, 5.74) is 1.83. The molecule has 0 aromatic heterocycles. The molecule has 1 N–H and O–H groups in total. The van der Waals surface area contributed by atoms with Gasteiger partial charge in [0.2, 0.25) is 0 Å². The van der Waals surface area contributed by atoms with Crippen LogP contribution in [0.5, 0.6) is 0 Å². The van der Waals surface area contributed by atoms with Crippen LogP contribution in [0.25, 0.3) is 0 Å². The second-order valence-electron chi connectivity index (χ2n) is 5.60. The molecule has 1 fully saturated rings. The molecule has 0 spiro atoms. The van der Waals surface area contributed by atoms with E-state index in [0.29, 0.717) is 6.04 Å². The number of halogens is 1. The Hall–Kier alpha value is -0.930. The van der Waals surface area contributed by atoms with E-state index in [4.69, 9.17) is 0 Å². The number of nitrogens with zero attached hydrogens (tertiary/aromatic N) is 1. The number of benzene rings is 1. The lowest BCUT2D eigenvalue weighted by atomic mass is 9.98. The summed E-state index contributed by atoms with van der Waals surface area (Å²) in [6, 6.07) is 6.28. The highest BCUT2D eigenvalue weighted by molar-refractivity contribution is 5.23. The van der Waals surface area contributed by atoms with Crippen molar-refractivity contribution in [2.24, 2.45) is 0 Å². The van der Waals surface area contributed by atoms with Crippen molar-refractivity contribution in [3.8, 4) is 0 Å². The van der Waals surface area contributed by atoms with Crippen LogP contribution in [0, 0.1) is 12.7 Å². The van der Waals surface area contributed by atoms with Gasteiger partial charge in [-0.2, -0.15) is 0 Å². The average molecular weight is 264 g/mol. The standard InChI is InChI=1S/C16H25FN2/c1-13-6-7-14(11-16(13)17)12-19-10-4-3-5-15(19)8-9-18-2/h6-7,11,15,18H,3-5,8-10,12H2,1-2H3. The van der Waals surface area contributed by atoms with E-state index in [1.807, 2.05) is 20.0 Å². The fourth-order valence-electron chi connectivity index (χ4n) is 2.88. The van der Waals surface area contributed by atoms with Gasteiger partial charge in [-0.15, -0.1) is 0 Å². The molecule has 2 rings (SSSR count). The number of nitrogens with one attached hydrogen (secondary N) is 1. The van der Waals surface area contributed by atoms with Crippen LogP contribution in [0.15, 0.2) is 18.2 Å². The monoisotopic (exact) mass is 264 g/mol. The zero-order valence-corrected chi connectivity index (χ0v) is 12.1. The summed E-state index contributed by atoms with van der Waals surface area (Å²) in [5, 5.41) is 3.23. The number of likely N-dealkylation sites (tertiary alicyclic amines) is 1. The van der Waals surface area contributed by atoms with E-state index in [1.165, 1.54) is 25.7 Å². The lowest BCUT2D eigenvalue weighted by Gasteiger charge is -2.36. The van der Waals surface area contributed by atoms with Crippen LogP contribution in [0.4, 0.5) is 4.39 Å². The first-order chi connectivity index (χ1) is 9.20. The van der Waals surface area contributed by atoms with Crippen molar-refractivity contribution >= 4 is 0 Å². The van der Waals surface area contributed by atoms with Gasteiger partial charge >= 0.3 is 0 Å². The maximum atomic E-state index is 13.6. The smallest absolute Gasteiger partial charge is 0.126 e. The summed E-state index contributed by atoms with van der Waals surface area (Å²) in [4.78, 5) is 2.52. The molecule has 19 heavy (non-hydrogen) atoms. The highest BCUT2D eigenvalue weighted by Gasteiger charge is 2.21. The van der Waals surface area contributed by atoms with Gasteiger partial charge in [0, 0.05) is 12.6 Å². The lowest BCUT2D eigenvalue weighted by molar-refractivity contribution is 0.132.